The summed E-state index contributed by atoms with van der Waals surface area (Å²) in [7, 11) is 0. The number of aromatic nitrogens is 2. The second-order valence-electron chi connectivity index (χ2n) is 9.72. The van der Waals surface area contributed by atoms with Crippen molar-refractivity contribution < 1.29 is 26.7 Å². The number of nitriles is 1. The number of halogens is 6. The van der Waals surface area contributed by atoms with Gasteiger partial charge in [-0.15, -0.1) is 0 Å². The van der Waals surface area contributed by atoms with Gasteiger partial charge in [-0.05, 0) is 49.1 Å². The van der Waals surface area contributed by atoms with Crippen LogP contribution in [0, 0.1) is 28.9 Å². The Hall–Kier alpha value is -3.64. The van der Waals surface area contributed by atoms with E-state index < -0.39 is 30.0 Å². The predicted octanol–water partition coefficient (Wildman–Crippen LogP) is 8.68. The maximum Gasteiger partial charge on any atom is 0.416 e. The van der Waals surface area contributed by atoms with Gasteiger partial charge >= 0.3 is 6.18 Å². The number of imidazole rings is 1. The molecule has 0 amide bonds. The molecule has 1 aromatic heterocycles. The zero-order chi connectivity index (χ0) is 27.7. The number of rotatable bonds is 6. The number of alkyl halides is 3. The fraction of sp³-hybridized carbons (Fsp3) is 0.310. The largest absolute Gasteiger partial charge is 0.488 e. The third kappa shape index (κ3) is 5.71. The normalized spacial score (nSPS) is 14.5. The molecule has 0 unspecified atom stereocenters. The molecule has 0 bridgehead atoms. The maximum absolute atomic E-state index is 14.3. The highest BCUT2D eigenvalue weighted by atomic mass is 35.5. The molecule has 0 atom stereocenters. The van der Waals surface area contributed by atoms with Crippen LogP contribution in [0.15, 0.2) is 48.5 Å². The first-order valence-electron chi connectivity index (χ1n) is 12.5. The van der Waals surface area contributed by atoms with Crippen molar-refractivity contribution >= 4 is 22.6 Å². The zero-order valence-electron chi connectivity index (χ0n) is 20.7. The molecule has 0 radical (unpaired) electrons. The molecule has 1 heterocycles. The third-order valence-electron chi connectivity index (χ3n) is 7.07. The van der Waals surface area contributed by atoms with E-state index in [1.165, 1.54) is 18.2 Å². The highest BCUT2D eigenvalue weighted by Gasteiger charge is 2.34. The van der Waals surface area contributed by atoms with Crippen LogP contribution in [-0.2, 0) is 19.3 Å². The van der Waals surface area contributed by atoms with Crippen molar-refractivity contribution in [2.45, 2.75) is 51.4 Å². The summed E-state index contributed by atoms with van der Waals surface area (Å²) in [4.78, 5) is 4.59. The van der Waals surface area contributed by atoms with Gasteiger partial charge in [0.2, 0.25) is 0 Å². The van der Waals surface area contributed by atoms with Crippen LogP contribution in [0.5, 0.6) is 5.75 Å². The molecule has 10 heteroatoms. The van der Waals surface area contributed by atoms with Crippen molar-refractivity contribution in [3.8, 4) is 23.2 Å². The Bertz CT molecular complexity index is 1570. The van der Waals surface area contributed by atoms with E-state index in [4.69, 9.17) is 21.6 Å². The summed E-state index contributed by atoms with van der Waals surface area (Å²) in [6.07, 6.45) is 0.606. The van der Waals surface area contributed by atoms with Gasteiger partial charge < -0.3 is 9.30 Å². The van der Waals surface area contributed by atoms with E-state index in [9.17, 15) is 22.0 Å². The van der Waals surface area contributed by atoms with Crippen LogP contribution in [0.25, 0.3) is 22.4 Å². The molecule has 0 saturated heterocycles. The first-order valence-corrected chi connectivity index (χ1v) is 12.9. The van der Waals surface area contributed by atoms with E-state index in [2.05, 4.69) is 4.98 Å². The highest BCUT2D eigenvalue weighted by Crippen LogP contribution is 2.38. The lowest BCUT2D eigenvalue weighted by Gasteiger charge is -2.23. The average Bonchev–Trinajstić information content (AvgIpc) is 3.24. The first-order chi connectivity index (χ1) is 18.6. The zero-order valence-corrected chi connectivity index (χ0v) is 21.4. The van der Waals surface area contributed by atoms with E-state index in [0.29, 0.717) is 29.4 Å². The van der Waals surface area contributed by atoms with Crippen molar-refractivity contribution in [3.63, 3.8) is 0 Å². The summed E-state index contributed by atoms with van der Waals surface area (Å²) in [6.45, 7) is 0.0623. The summed E-state index contributed by atoms with van der Waals surface area (Å²) in [5.74, 6) is -1.16. The number of hydrogen-bond donors (Lipinski definition) is 0. The van der Waals surface area contributed by atoms with E-state index >= 15 is 0 Å². The van der Waals surface area contributed by atoms with E-state index in [1.807, 2.05) is 4.57 Å². The van der Waals surface area contributed by atoms with E-state index in [0.717, 1.165) is 50.3 Å². The van der Waals surface area contributed by atoms with Crippen LogP contribution < -0.4 is 4.74 Å². The Balaban J connectivity index is 1.57. The Labute approximate surface area is 226 Å². The molecule has 39 heavy (non-hydrogen) atoms. The summed E-state index contributed by atoms with van der Waals surface area (Å²) in [5.41, 5.74) is -0.151. The van der Waals surface area contributed by atoms with Gasteiger partial charge in [-0.3, -0.25) is 0 Å². The molecule has 0 aliphatic heterocycles. The second kappa shape index (κ2) is 10.9. The smallest absolute Gasteiger partial charge is 0.416 e. The molecule has 4 aromatic rings. The van der Waals surface area contributed by atoms with Gasteiger partial charge in [-0.2, -0.15) is 18.4 Å². The fourth-order valence-corrected chi connectivity index (χ4v) is 5.29. The molecule has 3 aromatic carbocycles. The molecule has 0 N–H and O–H groups in total. The second-order valence-corrected chi connectivity index (χ2v) is 10.2. The van der Waals surface area contributed by atoms with Crippen LogP contribution in [0.4, 0.5) is 22.0 Å². The van der Waals surface area contributed by atoms with Crippen molar-refractivity contribution in [3.05, 3.63) is 81.9 Å². The van der Waals surface area contributed by atoms with Crippen molar-refractivity contribution in [2.24, 2.45) is 5.92 Å². The molecule has 1 aliphatic carbocycles. The molecule has 5 rings (SSSR count). The van der Waals surface area contributed by atoms with Gasteiger partial charge in [0.1, 0.15) is 18.2 Å². The summed E-state index contributed by atoms with van der Waals surface area (Å²) in [6, 6.07) is 11.8. The lowest BCUT2D eigenvalue weighted by molar-refractivity contribution is -0.138. The predicted molar refractivity (Wildman–Crippen MR) is 137 cm³/mol. The Morgan fingerprint density at radius 3 is 2.46 bits per heavy atom. The van der Waals surface area contributed by atoms with Crippen LogP contribution >= 0.6 is 11.6 Å². The van der Waals surface area contributed by atoms with Gasteiger partial charge in [0, 0.05) is 29.3 Å². The molecule has 0 spiro atoms. The fourth-order valence-electron chi connectivity index (χ4n) is 5.13. The summed E-state index contributed by atoms with van der Waals surface area (Å²) < 4.78 is 77.2. The summed E-state index contributed by atoms with van der Waals surface area (Å²) in [5, 5.41) is 9.33. The molecule has 1 aliphatic rings. The number of benzene rings is 3. The van der Waals surface area contributed by atoms with Gasteiger partial charge in [0.25, 0.3) is 0 Å². The Morgan fingerprint density at radius 2 is 1.74 bits per heavy atom. The summed E-state index contributed by atoms with van der Waals surface area (Å²) >= 11 is 6.22. The van der Waals surface area contributed by atoms with E-state index in [-0.39, 0.29) is 27.4 Å². The molecule has 1 fully saturated rings. The molecule has 4 nitrogen and oxygen atoms in total. The van der Waals surface area contributed by atoms with Gasteiger partial charge in [0.05, 0.1) is 33.8 Å². The number of hydrogen-bond acceptors (Lipinski definition) is 3. The third-order valence-corrected chi connectivity index (χ3v) is 7.30. The van der Waals surface area contributed by atoms with Crippen molar-refractivity contribution in [1.82, 2.24) is 9.55 Å². The highest BCUT2D eigenvalue weighted by molar-refractivity contribution is 6.30. The first kappa shape index (κ1) is 26.9. The SMILES string of the molecule is N#Cc1ccc(COc2cc(Cl)ccc2-c2nc3cc(F)c(F)cc3n2CC2CCCCC2)c(C(F)(F)F)c1. The number of fused-ring (bicyclic) bond motifs is 1. The average molecular weight is 560 g/mol. The quantitative estimate of drug-likeness (QED) is 0.222. The molecule has 1 saturated carbocycles. The maximum atomic E-state index is 14.3. The number of ether oxygens (including phenoxy) is 1. The van der Waals surface area contributed by atoms with Gasteiger partial charge in [0.15, 0.2) is 11.6 Å². The van der Waals surface area contributed by atoms with Crippen LogP contribution in [-0.4, -0.2) is 9.55 Å². The minimum atomic E-state index is -4.69. The van der Waals surface area contributed by atoms with Gasteiger partial charge in [-0.25, -0.2) is 13.8 Å². The van der Waals surface area contributed by atoms with E-state index in [1.54, 1.807) is 18.2 Å². The Morgan fingerprint density at radius 1 is 1.00 bits per heavy atom. The molecule has 202 valence electrons. The topological polar surface area (TPSA) is 50.8 Å². The molecular formula is C29H23ClF5N3O. The lowest BCUT2D eigenvalue weighted by Crippen LogP contribution is -2.15. The Kier molecular flexibility index (Phi) is 7.50. The minimum Gasteiger partial charge on any atom is -0.488 e. The monoisotopic (exact) mass is 559 g/mol. The van der Waals surface area contributed by atoms with Gasteiger partial charge in [-0.1, -0.05) is 36.9 Å². The molecular weight excluding hydrogens is 537 g/mol. The van der Waals surface area contributed by atoms with Crippen LogP contribution in [0.3, 0.4) is 0 Å². The minimum absolute atomic E-state index is 0.120. The van der Waals surface area contributed by atoms with Crippen LogP contribution in [0.1, 0.15) is 48.8 Å². The van der Waals surface area contributed by atoms with Crippen LogP contribution in [0.2, 0.25) is 5.02 Å². The standard InChI is InChI=1S/C29H23ClF5N3O/c30-20-8-9-21(27(11-20)39-16-19-7-6-18(14-36)10-22(19)29(33,34)35)28-37-25-12-23(31)24(32)13-26(25)38(28)15-17-4-2-1-3-5-17/h6-13,17H,1-5,15-16H2. The lowest BCUT2D eigenvalue weighted by atomic mass is 9.89. The number of nitrogens with zero attached hydrogens (tertiary/aromatic N) is 3. The van der Waals surface area contributed by atoms with Crippen molar-refractivity contribution in [2.75, 3.05) is 0 Å². The van der Waals surface area contributed by atoms with Crippen molar-refractivity contribution in [1.29, 1.82) is 5.26 Å².